The number of hydrogen-bond donors (Lipinski definition) is 2. The van der Waals surface area contributed by atoms with Gasteiger partial charge in [0, 0.05) is 12.6 Å². The minimum Gasteiger partial charge on any atom is -0.477 e. The van der Waals surface area contributed by atoms with Crippen LogP contribution in [0.5, 0.6) is 5.88 Å². The van der Waals surface area contributed by atoms with Crippen LogP contribution in [0, 0.1) is 0 Å². The Morgan fingerprint density at radius 1 is 1.53 bits per heavy atom. The SMILES string of the molecule is CCCOc1cncc(NCC(C)N)n1. The predicted octanol–water partition coefficient (Wildman–Crippen LogP) is 1.02. The lowest BCUT2D eigenvalue weighted by atomic mass is 10.4. The van der Waals surface area contributed by atoms with E-state index in [-0.39, 0.29) is 6.04 Å². The molecule has 1 aromatic rings. The van der Waals surface area contributed by atoms with E-state index < -0.39 is 0 Å². The summed E-state index contributed by atoms with van der Waals surface area (Å²) in [5.74, 6) is 1.24. The normalized spacial score (nSPS) is 12.2. The van der Waals surface area contributed by atoms with Gasteiger partial charge in [-0.15, -0.1) is 0 Å². The maximum absolute atomic E-state index is 5.62. The summed E-state index contributed by atoms with van der Waals surface area (Å²) in [6.07, 6.45) is 4.22. The molecule has 5 heteroatoms. The highest BCUT2D eigenvalue weighted by atomic mass is 16.5. The topological polar surface area (TPSA) is 73.1 Å². The molecule has 0 aliphatic heterocycles. The number of ether oxygens (including phenoxy) is 1. The van der Waals surface area contributed by atoms with Crippen molar-refractivity contribution >= 4 is 5.82 Å². The highest BCUT2D eigenvalue weighted by Crippen LogP contribution is 2.08. The molecule has 5 nitrogen and oxygen atoms in total. The van der Waals surface area contributed by atoms with Crippen LogP contribution in [0.15, 0.2) is 12.4 Å². The van der Waals surface area contributed by atoms with E-state index in [9.17, 15) is 0 Å². The molecule has 0 aliphatic rings. The largest absolute Gasteiger partial charge is 0.477 e. The summed E-state index contributed by atoms with van der Waals surface area (Å²) in [5, 5.41) is 3.08. The summed E-state index contributed by atoms with van der Waals surface area (Å²) in [6.45, 7) is 5.31. The number of nitrogens with two attached hydrogens (primary N) is 1. The van der Waals surface area contributed by atoms with Crippen molar-refractivity contribution in [2.75, 3.05) is 18.5 Å². The first kappa shape index (κ1) is 11.7. The molecule has 0 saturated carbocycles. The van der Waals surface area contributed by atoms with E-state index in [0.717, 1.165) is 6.42 Å². The van der Waals surface area contributed by atoms with E-state index in [4.69, 9.17) is 10.5 Å². The molecule has 1 aromatic heterocycles. The van der Waals surface area contributed by atoms with Crippen molar-refractivity contribution in [3.05, 3.63) is 12.4 Å². The van der Waals surface area contributed by atoms with Crippen molar-refractivity contribution in [1.29, 1.82) is 0 Å². The Kier molecular flexibility index (Phi) is 4.83. The molecule has 0 fully saturated rings. The lowest BCUT2D eigenvalue weighted by molar-refractivity contribution is 0.304. The molecule has 1 atom stereocenters. The molecule has 0 saturated heterocycles. The molecule has 84 valence electrons. The van der Waals surface area contributed by atoms with Crippen LogP contribution < -0.4 is 15.8 Å². The molecular weight excluding hydrogens is 192 g/mol. The Bertz CT molecular complexity index is 291. The first-order valence-electron chi connectivity index (χ1n) is 5.16. The van der Waals surface area contributed by atoms with E-state index in [2.05, 4.69) is 15.3 Å². The number of nitrogens with one attached hydrogen (secondary N) is 1. The van der Waals surface area contributed by atoms with Gasteiger partial charge in [0.2, 0.25) is 5.88 Å². The third kappa shape index (κ3) is 4.60. The van der Waals surface area contributed by atoms with Crippen molar-refractivity contribution in [3.63, 3.8) is 0 Å². The van der Waals surface area contributed by atoms with Gasteiger partial charge in [-0.3, -0.25) is 4.98 Å². The summed E-state index contributed by atoms with van der Waals surface area (Å²) >= 11 is 0. The first-order valence-corrected chi connectivity index (χ1v) is 5.16. The molecule has 1 heterocycles. The molecule has 15 heavy (non-hydrogen) atoms. The van der Waals surface area contributed by atoms with E-state index in [0.29, 0.717) is 24.8 Å². The number of anilines is 1. The van der Waals surface area contributed by atoms with Gasteiger partial charge in [-0.1, -0.05) is 6.92 Å². The highest BCUT2D eigenvalue weighted by Gasteiger charge is 2.00. The summed E-state index contributed by atoms with van der Waals surface area (Å²) in [6, 6.07) is 0.0898. The molecule has 0 aromatic carbocycles. The Balaban J connectivity index is 2.50. The Morgan fingerprint density at radius 2 is 2.33 bits per heavy atom. The second-order valence-corrected chi connectivity index (χ2v) is 3.45. The molecule has 0 spiro atoms. The molecular formula is C10H18N4O. The maximum atomic E-state index is 5.62. The quantitative estimate of drug-likeness (QED) is 0.733. The van der Waals surface area contributed by atoms with E-state index in [1.807, 2.05) is 13.8 Å². The number of rotatable bonds is 6. The van der Waals surface area contributed by atoms with Gasteiger partial charge in [-0.25, -0.2) is 0 Å². The van der Waals surface area contributed by atoms with Gasteiger partial charge in [0.15, 0.2) is 0 Å². The molecule has 0 radical (unpaired) electrons. The summed E-state index contributed by atoms with van der Waals surface area (Å²) in [7, 11) is 0. The second kappa shape index (κ2) is 6.19. The average Bonchev–Trinajstić information content (AvgIpc) is 2.24. The average molecular weight is 210 g/mol. The molecule has 3 N–H and O–H groups in total. The van der Waals surface area contributed by atoms with Gasteiger partial charge >= 0.3 is 0 Å². The molecule has 1 unspecified atom stereocenters. The first-order chi connectivity index (χ1) is 7.22. The van der Waals surface area contributed by atoms with Gasteiger partial charge < -0.3 is 15.8 Å². The number of aromatic nitrogens is 2. The zero-order valence-electron chi connectivity index (χ0n) is 9.23. The lowest BCUT2D eigenvalue weighted by Gasteiger charge is -2.09. The summed E-state index contributed by atoms with van der Waals surface area (Å²) < 4.78 is 5.36. The monoisotopic (exact) mass is 210 g/mol. The fourth-order valence-electron chi connectivity index (χ4n) is 0.975. The van der Waals surface area contributed by atoms with Gasteiger partial charge in [0.25, 0.3) is 0 Å². The van der Waals surface area contributed by atoms with Crippen LogP contribution in [0.4, 0.5) is 5.82 Å². The van der Waals surface area contributed by atoms with Crippen molar-refractivity contribution in [2.24, 2.45) is 5.73 Å². The van der Waals surface area contributed by atoms with Crippen molar-refractivity contribution < 1.29 is 4.74 Å². The summed E-state index contributed by atoms with van der Waals surface area (Å²) in [5.41, 5.74) is 5.62. The third-order valence-corrected chi connectivity index (χ3v) is 1.67. The van der Waals surface area contributed by atoms with Crippen molar-refractivity contribution in [2.45, 2.75) is 26.3 Å². The standard InChI is InChI=1S/C10H18N4O/c1-3-4-15-10-7-12-6-9(14-10)13-5-8(2)11/h6-8H,3-5,11H2,1-2H3,(H,13,14). The minimum atomic E-state index is 0.0898. The highest BCUT2D eigenvalue weighted by molar-refractivity contribution is 5.33. The smallest absolute Gasteiger partial charge is 0.234 e. The van der Waals surface area contributed by atoms with Crippen molar-refractivity contribution in [3.8, 4) is 5.88 Å². The van der Waals surface area contributed by atoms with Crippen LogP contribution in [0.3, 0.4) is 0 Å². The molecule has 0 amide bonds. The molecule has 1 rings (SSSR count). The zero-order chi connectivity index (χ0) is 11.1. The van der Waals surface area contributed by atoms with Gasteiger partial charge in [-0.2, -0.15) is 4.98 Å². The zero-order valence-corrected chi connectivity index (χ0v) is 9.23. The number of nitrogens with zero attached hydrogens (tertiary/aromatic N) is 2. The van der Waals surface area contributed by atoms with Crippen LogP contribution >= 0.6 is 0 Å². The van der Waals surface area contributed by atoms with Crippen LogP contribution in [0.25, 0.3) is 0 Å². The minimum absolute atomic E-state index is 0.0898. The van der Waals surface area contributed by atoms with Gasteiger partial charge in [-0.05, 0) is 13.3 Å². The van der Waals surface area contributed by atoms with Crippen molar-refractivity contribution in [1.82, 2.24) is 9.97 Å². The fraction of sp³-hybridized carbons (Fsp3) is 0.600. The maximum Gasteiger partial charge on any atom is 0.234 e. The van der Waals surface area contributed by atoms with E-state index in [1.54, 1.807) is 12.4 Å². The van der Waals surface area contributed by atoms with Crippen LogP contribution in [-0.4, -0.2) is 29.2 Å². The molecule has 0 aliphatic carbocycles. The summed E-state index contributed by atoms with van der Waals surface area (Å²) in [4.78, 5) is 8.26. The van der Waals surface area contributed by atoms with Crippen LogP contribution in [0.2, 0.25) is 0 Å². The van der Waals surface area contributed by atoms with E-state index in [1.165, 1.54) is 0 Å². The Morgan fingerprint density at radius 3 is 3.00 bits per heavy atom. The second-order valence-electron chi connectivity index (χ2n) is 3.45. The van der Waals surface area contributed by atoms with Gasteiger partial charge in [0.05, 0.1) is 19.0 Å². The van der Waals surface area contributed by atoms with Crippen LogP contribution in [-0.2, 0) is 0 Å². The predicted molar refractivity (Wildman–Crippen MR) is 60.0 cm³/mol. The third-order valence-electron chi connectivity index (χ3n) is 1.67. The Hall–Kier alpha value is -1.36. The number of hydrogen-bond acceptors (Lipinski definition) is 5. The fourth-order valence-corrected chi connectivity index (χ4v) is 0.975. The van der Waals surface area contributed by atoms with Crippen LogP contribution in [0.1, 0.15) is 20.3 Å². The Labute approximate surface area is 90.1 Å². The van der Waals surface area contributed by atoms with Gasteiger partial charge in [0.1, 0.15) is 5.82 Å². The molecule has 0 bridgehead atoms. The lowest BCUT2D eigenvalue weighted by Crippen LogP contribution is -2.25. The van der Waals surface area contributed by atoms with E-state index >= 15 is 0 Å².